The van der Waals surface area contributed by atoms with Gasteiger partial charge in [0.15, 0.2) is 11.6 Å². The Hall–Kier alpha value is -4.96. The molecule has 2 heterocycles. The van der Waals surface area contributed by atoms with Crippen LogP contribution in [-0.4, -0.2) is 14.8 Å². The monoisotopic (exact) mass is 463 g/mol. The van der Waals surface area contributed by atoms with Crippen molar-refractivity contribution in [3.8, 4) is 39.6 Å². The molecule has 0 saturated heterocycles. The lowest BCUT2D eigenvalue weighted by Gasteiger charge is -2.14. The van der Waals surface area contributed by atoms with E-state index in [-0.39, 0.29) is 0 Å². The van der Waals surface area contributed by atoms with E-state index in [1.807, 2.05) is 60.7 Å². The van der Waals surface area contributed by atoms with E-state index >= 15 is 0 Å². The van der Waals surface area contributed by atoms with Crippen molar-refractivity contribution in [1.82, 2.24) is 14.8 Å². The minimum atomic E-state index is 0.781. The van der Waals surface area contributed by atoms with Gasteiger partial charge in [0.25, 0.3) is 0 Å². The smallest absolute Gasteiger partial charge is 0.169 e. The molecular formula is C32H21N3O. The van der Waals surface area contributed by atoms with E-state index in [9.17, 15) is 0 Å². The molecule has 0 spiro atoms. The summed E-state index contributed by atoms with van der Waals surface area (Å²) < 4.78 is 8.51. The Bertz CT molecular complexity index is 1830. The molecule has 0 amide bonds. The van der Waals surface area contributed by atoms with E-state index in [2.05, 4.69) is 76.4 Å². The molecule has 0 aliphatic carbocycles. The summed E-state index contributed by atoms with van der Waals surface area (Å²) in [7, 11) is 0. The van der Waals surface area contributed by atoms with E-state index in [0.717, 1.165) is 61.5 Å². The molecule has 0 fully saturated rings. The Morgan fingerprint density at radius 2 is 1.08 bits per heavy atom. The van der Waals surface area contributed by atoms with Gasteiger partial charge in [0, 0.05) is 33.2 Å². The van der Waals surface area contributed by atoms with Gasteiger partial charge in [0.05, 0.1) is 0 Å². The molecule has 0 aliphatic heterocycles. The molecule has 0 radical (unpaired) electrons. The number of para-hydroxylation sites is 3. The van der Waals surface area contributed by atoms with E-state index in [4.69, 9.17) is 9.52 Å². The maximum Gasteiger partial charge on any atom is 0.169 e. The number of nitrogens with zero attached hydrogens (tertiary/aromatic N) is 3. The van der Waals surface area contributed by atoms with Crippen LogP contribution >= 0.6 is 0 Å². The number of rotatable bonds is 4. The highest BCUT2D eigenvalue weighted by Crippen LogP contribution is 2.40. The molecule has 170 valence electrons. The molecule has 0 unspecified atom stereocenters. The van der Waals surface area contributed by atoms with Crippen LogP contribution in [0.3, 0.4) is 0 Å². The molecule has 2 aromatic heterocycles. The van der Waals surface area contributed by atoms with Crippen molar-refractivity contribution in [1.29, 1.82) is 0 Å². The Kier molecular flexibility index (Phi) is 4.74. The SMILES string of the molecule is c1ccc(-c2nnc(-c3ccccc3-c3cccc4c3oc3ccccc34)n2-c2ccccc2)cc1. The summed E-state index contributed by atoms with van der Waals surface area (Å²) in [6, 6.07) is 43.3. The van der Waals surface area contributed by atoms with Crippen LogP contribution in [0.15, 0.2) is 132 Å². The summed E-state index contributed by atoms with van der Waals surface area (Å²) in [6.07, 6.45) is 0. The van der Waals surface area contributed by atoms with Crippen LogP contribution in [0.25, 0.3) is 61.5 Å². The van der Waals surface area contributed by atoms with Gasteiger partial charge in [-0.3, -0.25) is 4.57 Å². The molecule has 4 heteroatoms. The van der Waals surface area contributed by atoms with Crippen LogP contribution in [0.4, 0.5) is 0 Å². The second kappa shape index (κ2) is 8.36. The van der Waals surface area contributed by atoms with Crippen LogP contribution in [0, 0.1) is 0 Å². The number of furan rings is 1. The summed E-state index contributed by atoms with van der Waals surface area (Å²) in [5.74, 6) is 1.58. The molecule has 36 heavy (non-hydrogen) atoms. The number of hydrogen-bond donors (Lipinski definition) is 0. The summed E-state index contributed by atoms with van der Waals surface area (Å²) in [5, 5.41) is 11.6. The standard InChI is InChI=1S/C32H21N3O/c1-3-12-22(13-4-1)31-33-34-32(35(31)23-14-5-2-6-15-23)28-18-8-7-16-24(28)26-19-11-20-27-25-17-9-10-21-29(25)36-30(26)27/h1-21H. The highest BCUT2D eigenvalue weighted by molar-refractivity contribution is 6.10. The Morgan fingerprint density at radius 1 is 0.472 bits per heavy atom. The molecule has 0 saturated carbocycles. The topological polar surface area (TPSA) is 43.9 Å². The zero-order valence-corrected chi connectivity index (χ0v) is 19.4. The lowest BCUT2D eigenvalue weighted by molar-refractivity contribution is 0.670. The van der Waals surface area contributed by atoms with Gasteiger partial charge in [-0.05, 0) is 23.8 Å². The number of benzene rings is 5. The second-order valence-electron chi connectivity index (χ2n) is 8.71. The van der Waals surface area contributed by atoms with Crippen LogP contribution in [-0.2, 0) is 0 Å². The predicted octanol–water partition coefficient (Wildman–Crippen LogP) is 8.17. The fraction of sp³-hybridized carbons (Fsp3) is 0. The fourth-order valence-corrected chi connectivity index (χ4v) is 4.93. The lowest BCUT2D eigenvalue weighted by Crippen LogP contribution is -2.01. The molecule has 4 nitrogen and oxygen atoms in total. The molecule has 0 bridgehead atoms. The van der Waals surface area contributed by atoms with Gasteiger partial charge in [-0.1, -0.05) is 109 Å². The van der Waals surface area contributed by atoms with E-state index in [1.165, 1.54) is 0 Å². The molecule has 5 aromatic carbocycles. The van der Waals surface area contributed by atoms with Crippen molar-refractivity contribution in [3.63, 3.8) is 0 Å². The van der Waals surface area contributed by atoms with Crippen LogP contribution in [0.1, 0.15) is 0 Å². The molecular weight excluding hydrogens is 442 g/mol. The minimum absolute atomic E-state index is 0.781. The van der Waals surface area contributed by atoms with Crippen LogP contribution in [0.2, 0.25) is 0 Å². The molecule has 0 atom stereocenters. The van der Waals surface area contributed by atoms with Gasteiger partial charge < -0.3 is 4.42 Å². The molecule has 0 N–H and O–H groups in total. The average Bonchev–Trinajstić information content (AvgIpc) is 3.56. The van der Waals surface area contributed by atoms with Crippen molar-refractivity contribution >= 4 is 21.9 Å². The lowest BCUT2D eigenvalue weighted by atomic mass is 9.97. The van der Waals surface area contributed by atoms with Crippen molar-refractivity contribution in [2.75, 3.05) is 0 Å². The maximum atomic E-state index is 6.38. The summed E-state index contributed by atoms with van der Waals surface area (Å²) in [4.78, 5) is 0. The first-order valence-electron chi connectivity index (χ1n) is 11.9. The van der Waals surface area contributed by atoms with Crippen molar-refractivity contribution < 1.29 is 4.42 Å². The van der Waals surface area contributed by atoms with Gasteiger partial charge >= 0.3 is 0 Å². The van der Waals surface area contributed by atoms with Crippen molar-refractivity contribution in [2.45, 2.75) is 0 Å². The third-order valence-electron chi connectivity index (χ3n) is 6.57. The third kappa shape index (κ3) is 3.23. The second-order valence-corrected chi connectivity index (χ2v) is 8.71. The van der Waals surface area contributed by atoms with E-state index in [0.29, 0.717) is 0 Å². The normalized spacial score (nSPS) is 11.3. The van der Waals surface area contributed by atoms with Gasteiger partial charge in [-0.15, -0.1) is 10.2 Å². The number of hydrogen-bond acceptors (Lipinski definition) is 3. The first-order valence-corrected chi connectivity index (χ1v) is 11.9. The zero-order chi connectivity index (χ0) is 23.9. The van der Waals surface area contributed by atoms with E-state index in [1.54, 1.807) is 0 Å². The Labute approximate surface area is 208 Å². The zero-order valence-electron chi connectivity index (χ0n) is 19.4. The van der Waals surface area contributed by atoms with Gasteiger partial charge in [0.1, 0.15) is 11.2 Å². The maximum absolute atomic E-state index is 6.38. The molecule has 7 aromatic rings. The van der Waals surface area contributed by atoms with Gasteiger partial charge in [-0.2, -0.15) is 0 Å². The van der Waals surface area contributed by atoms with E-state index < -0.39 is 0 Å². The first-order chi connectivity index (χ1) is 17.9. The van der Waals surface area contributed by atoms with Gasteiger partial charge in [0.2, 0.25) is 0 Å². The number of aromatic nitrogens is 3. The number of fused-ring (bicyclic) bond motifs is 3. The largest absolute Gasteiger partial charge is 0.455 e. The fourth-order valence-electron chi connectivity index (χ4n) is 4.93. The highest BCUT2D eigenvalue weighted by atomic mass is 16.3. The van der Waals surface area contributed by atoms with Gasteiger partial charge in [-0.25, -0.2) is 0 Å². The average molecular weight is 464 g/mol. The van der Waals surface area contributed by atoms with Crippen molar-refractivity contribution in [2.24, 2.45) is 0 Å². The van der Waals surface area contributed by atoms with Crippen LogP contribution in [0.5, 0.6) is 0 Å². The minimum Gasteiger partial charge on any atom is -0.455 e. The summed E-state index contributed by atoms with van der Waals surface area (Å²) in [6.45, 7) is 0. The third-order valence-corrected chi connectivity index (χ3v) is 6.57. The summed E-state index contributed by atoms with van der Waals surface area (Å²) in [5.41, 5.74) is 6.85. The molecule has 7 rings (SSSR count). The van der Waals surface area contributed by atoms with Crippen molar-refractivity contribution in [3.05, 3.63) is 127 Å². The quantitative estimate of drug-likeness (QED) is 0.264. The predicted molar refractivity (Wildman–Crippen MR) is 145 cm³/mol. The molecule has 0 aliphatic rings. The highest BCUT2D eigenvalue weighted by Gasteiger charge is 2.21. The Balaban J connectivity index is 1.50. The van der Waals surface area contributed by atoms with Crippen LogP contribution < -0.4 is 0 Å². The summed E-state index contributed by atoms with van der Waals surface area (Å²) >= 11 is 0. The first kappa shape index (κ1) is 20.4. The Morgan fingerprint density at radius 3 is 1.92 bits per heavy atom.